The van der Waals surface area contributed by atoms with Crippen LogP contribution < -0.4 is 0 Å². The zero-order valence-electron chi connectivity index (χ0n) is 4.50. The minimum absolute atomic E-state index is 0.575. The van der Waals surface area contributed by atoms with E-state index in [0.29, 0.717) is 5.92 Å². The Bertz CT molecular complexity index is 122. The summed E-state index contributed by atoms with van der Waals surface area (Å²) in [6, 6.07) is 0. The first kappa shape index (κ1) is 5.35. The zero-order valence-corrected chi connectivity index (χ0v) is 4.50. The summed E-state index contributed by atoms with van der Waals surface area (Å²) in [7, 11) is 0. The minimum Gasteiger partial charge on any atom is -0.478 e. The SMILES string of the molecule is O=C(O)C=CC1CC1. The molecular formula is C6H8O2. The van der Waals surface area contributed by atoms with Crippen molar-refractivity contribution >= 4 is 5.97 Å². The molecule has 44 valence electrons. The molecule has 1 rings (SSSR count). The summed E-state index contributed by atoms with van der Waals surface area (Å²) < 4.78 is 0. The lowest BCUT2D eigenvalue weighted by molar-refractivity contribution is -0.131. The number of hydrogen-bond donors (Lipinski definition) is 1. The topological polar surface area (TPSA) is 37.3 Å². The van der Waals surface area contributed by atoms with Crippen LogP contribution in [0.25, 0.3) is 0 Å². The van der Waals surface area contributed by atoms with Crippen LogP contribution >= 0.6 is 0 Å². The fraction of sp³-hybridized carbons (Fsp3) is 0.500. The standard InChI is InChI=1S/C6H8O2/c7-6(8)4-3-5-1-2-5/h3-5H,1-2H2,(H,7,8). The number of carboxylic acid groups (broad SMARTS) is 1. The van der Waals surface area contributed by atoms with Crippen molar-refractivity contribution < 1.29 is 9.90 Å². The predicted octanol–water partition coefficient (Wildman–Crippen LogP) is 1.04. The van der Waals surface area contributed by atoms with E-state index in [1.54, 1.807) is 6.08 Å². The second-order valence-electron chi connectivity index (χ2n) is 2.03. The molecule has 0 unspecified atom stereocenters. The summed E-state index contributed by atoms with van der Waals surface area (Å²) in [6.07, 6.45) is 5.31. The molecule has 1 aliphatic carbocycles. The average Bonchev–Trinajstić information content (AvgIpc) is 2.41. The Morgan fingerprint density at radius 2 is 2.25 bits per heavy atom. The summed E-state index contributed by atoms with van der Waals surface area (Å²) in [5.74, 6) is -0.261. The molecule has 0 amide bonds. The molecule has 2 heteroatoms. The molecule has 0 saturated heterocycles. The quantitative estimate of drug-likeness (QED) is 0.542. The lowest BCUT2D eigenvalue weighted by Crippen LogP contribution is -1.85. The zero-order chi connectivity index (χ0) is 5.98. The molecule has 1 saturated carbocycles. The third-order valence-electron chi connectivity index (χ3n) is 1.13. The molecule has 0 bridgehead atoms. The summed E-state index contributed by atoms with van der Waals surface area (Å²) in [5.41, 5.74) is 0. The number of carbonyl (C=O) groups is 1. The molecule has 0 aromatic carbocycles. The maximum atomic E-state index is 9.84. The second kappa shape index (κ2) is 1.99. The van der Waals surface area contributed by atoms with Gasteiger partial charge in [0.1, 0.15) is 0 Å². The maximum Gasteiger partial charge on any atom is 0.327 e. The lowest BCUT2D eigenvalue weighted by atomic mass is 10.4. The van der Waals surface area contributed by atoms with Gasteiger partial charge in [-0.25, -0.2) is 4.79 Å². The first-order valence-electron chi connectivity index (χ1n) is 2.70. The monoisotopic (exact) mass is 112 g/mol. The number of allylic oxidation sites excluding steroid dienone is 1. The third-order valence-corrected chi connectivity index (χ3v) is 1.13. The largest absolute Gasteiger partial charge is 0.478 e. The van der Waals surface area contributed by atoms with Gasteiger partial charge in [0.05, 0.1) is 0 Å². The van der Waals surface area contributed by atoms with E-state index < -0.39 is 5.97 Å². The highest BCUT2D eigenvalue weighted by molar-refractivity contribution is 5.79. The van der Waals surface area contributed by atoms with Crippen LogP contribution in [0, 0.1) is 5.92 Å². The highest BCUT2D eigenvalue weighted by Gasteiger charge is 2.17. The van der Waals surface area contributed by atoms with E-state index in [-0.39, 0.29) is 0 Å². The van der Waals surface area contributed by atoms with Crippen LogP contribution in [0.1, 0.15) is 12.8 Å². The fourth-order valence-electron chi connectivity index (χ4n) is 0.507. The fourth-order valence-corrected chi connectivity index (χ4v) is 0.507. The Labute approximate surface area is 47.8 Å². The molecule has 2 nitrogen and oxygen atoms in total. The van der Waals surface area contributed by atoms with Gasteiger partial charge in [0.15, 0.2) is 0 Å². The van der Waals surface area contributed by atoms with Crippen molar-refractivity contribution in [1.82, 2.24) is 0 Å². The smallest absolute Gasteiger partial charge is 0.327 e. The van der Waals surface area contributed by atoms with Gasteiger partial charge in [-0.15, -0.1) is 0 Å². The van der Waals surface area contributed by atoms with Crippen LogP contribution in [0.4, 0.5) is 0 Å². The lowest BCUT2D eigenvalue weighted by Gasteiger charge is -1.75. The second-order valence-corrected chi connectivity index (χ2v) is 2.03. The van der Waals surface area contributed by atoms with Crippen molar-refractivity contribution in [1.29, 1.82) is 0 Å². The van der Waals surface area contributed by atoms with E-state index in [4.69, 9.17) is 5.11 Å². The minimum atomic E-state index is -0.836. The predicted molar refractivity (Wildman–Crippen MR) is 29.5 cm³/mol. The summed E-state index contributed by atoms with van der Waals surface area (Å²) in [4.78, 5) is 9.84. The number of rotatable bonds is 2. The highest BCUT2D eigenvalue weighted by Crippen LogP contribution is 2.29. The van der Waals surface area contributed by atoms with Crippen LogP contribution in [-0.2, 0) is 4.79 Å². The molecule has 0 aromatic rings. The molecule has 1 aliphatic rings. The van der Waals surface area contributed by atoms with Crippen LogP contribution in [0.15, 0.2) is 12.2 Å². The van der Waals surface area contributed by atoms with Gasteiger partial charge in [-0.2, -0.15) is 0 Å². The Kier molecular flexibility index (Phi) is 1.33. The molecule has 1 N–H and O–H groups in total. The van der Waals surface area contributed by atoms with Gasteiger partial charge in [-0.05, 0) is 18.8 Å². The van der Waals surface area contributed by atoms with E-state index >= 15 is 0 Å². The molecule has 0 heterocycles. The maximum absolute atomic E-state index is 9.84. The molecule has 0 aliphatic heterocycles. The normalized spacial score (nSPS) is 19.5. The van der Waals surface area contributed by atoms with Crippen molar-refractivity contribution in [3.8, 4) is 0 Å². The van der Waals surface area contributed by atoms with E-state index in [9.17, 15) is 4.79 Å². The Morgan fingerprint density at radius 1 is 1.62 bits per heavy atom. The van der Waals surface area contributed by atoms with Gasteiger partial charge in [0.25, 0.3) is 0 Å². The average molecular weight is 112 g/mol. The third kappa shape index (κ3) is 1.78. The summed E-state index contributed by atoms with van der Waals surface area (Å²) in [5, 5.41) is 8.10. The van der Waals surface area contributed by atoms with Crippen LogP contribution in [0.3, 0.4) is 0 Å². The van der Waals surface area contributed by atoms with E-state index in [2.05, 4.69) is 0 Å². The molecule has 8 heavy (non-hydrogen) atoms. The van der Waals surface area contributed by atoms with Gasteiger partial charge in [-0.3, -0.25) is 0 Å². The Balaban J connectivity index is 2.23. The van der Waals surface area contributed by atoms with Crippen molar-refractivity contribution in [2.75, 3.05) is 0 Å². The van der Waals surface area contributed by atoms with Crippen molar-refractivity contribution in [3.05, 3.63) is 12.2 Å². The van der Waals surface area contributed by atoms with E-state index in [1.807, 2.05) is 0 Å². The first-order valence-corrected chi connectivity index (χ1v) is 2.70. The van der Waals surface area contributed by atoms with Gasteiger partial charge in [-0.1, -0.05) is 6.08 Å². The van der Waals surface area contributed by atoms with Gasteiger partial charge in [0.2, 0.25) is 0 Å². The van der Waals surface area contributed by atoms with E-state index in [0.717, 1.165) is 0 Å². The van der Waals surface area contributed by atoms with E-state index in [1.165, 1.54) is 18.9 Å². The van der Waals surface area contributed by atoms with Crippen LogP contribution in [0.5, 0.6) is 0 Å². The summed E-state index contributed by atoms with van der Waals surface area (Å²) in [6.45, 7) is 0. The molecule has 0 radical (unpaired) electrons. The summed E-state index contributed by atoms with van der Waals surface area (Å²) >= 11 is 0. The number of carboxylic acids is 1. The van der Waals surface area contributed by atoms with Crippen molar-refractivity contribution in [2.24, 2.45) is 5.92 Å². The number of aliphatic carboxylic acids is 1. The van der Waals surface area contributed by atoms with Crippen molar-refractivity contribution in [2.45, 2.75) is 12.8 Å². The Hall–Kier alpha value is -0.790. The molecular weight excluding hydrogens is 104 g/mol. The van der Waals surface area contributed by atoms with Crippen LogP contribution in [0.2, 0.25) is 0 Å². The Morgan fingerprint density at radius 3 is 2.62 bits per heavy atom. The van der Waals surface area contributed by atoms with Crippen molar-refractivity contribution in [3.63, 3.8) is 0 Å². The van der Waals surface area contributed by atoms with Gasteiger partial charge in [0, 0.05) is 6.08 Å². The number of hydrogen-bond acceptors (Lipinski definition) is 1. The molecule has 0 aromatic heterocycles. The highest BCUT2D eigenvalue weighted by atomic mass is 16.4. The van der Waals surface area contributed by atoms with Gasteiger partial charge >= 0.3 is 5.97 Å². The first-order chi connectivity index (χ1) is 3.79. The van der Waals surface area contributed by atoms with Crippen LogP contribution in [-0.4, -0.2) is 11.1 Å². The van der Waals surface area contributed by atoms with Gasteiger partial charge < -0.3 is 5.11 Å². The molecule has 0 atom stereocenters. The molecule has 1 fully saturated rings. The molecule has 0 spiro atoms.